The molecule has 2 heterocycles. The molecule has 21 heavy (non-hydrogen) atoms. The highest BCUT2D eigenvalue weighted by atomic mass is 15.3. The maximum Gasteiger partial charge on any atom is 0.231 e. The van der Waals surface area contributed by atoms with Crippen LogP contribution in [0.25, 0.3) is 0 Å². The molecule has 0 radical (unpaired) electrons. The van der Waals surface area contributed by atoms with Gasteiger partial charge in [0.2, 0.25) is 5.95 Å². The highest BCUT2D eigenvalue weighted by Crippen LogP contribution is 2.31. The van der Waals surface area contributed by atoms with Crippen molar-refractivity contribution in [3.63, 3.8) is 0 Å². The molecule has 0 saturated carbocycles. The number of aromatic nitrogens is 2. The second-order valence-corrected chi connectivity index (χ2v) is 5.27. The highest BCUT2D eigenvalue weighted by molar-refractivity contribution is 5.64. The number of nitrogens with zero attached hydrogens (tertiary/aromatic N) is 4. The van der Waals surface area contributed by atoms with Crippen LogP contribution in [0.3, 0.4) is 0 Å². The Kier molecular flexibility index (Phi) is 4.04. The largest absolute Gasteiger partial charge is 0.357 e. The van der Waals surface area contributed by atoms with E-state index in [1.807, 2.05) is 12.3 Å². The van der Waals surface area contributed by atoms with Crippen molar-refractivity contribution in [3.8, 4) is 0 Å². The third-order valence-corrected chi connectivity index (χ3v) is 4.07. The van der Waals surface area contributed by atoms with E-state index in [9.17, 15) is 0 Å². The number of benzene rings is 1. The molecule has 0 bridgehead atoms. The molecule has 0 atom stereocenters. The van der Waals surface area contributed by atoms with E-state index in [2.05, 4.69) is 52.9 Å². The summed E-state index contributed by atoms with van der Waals surface area (Å²) in [6.45, 7) is 7.22. The van der Waals surface area contributed by atoms with Crippen LogP contribution in [0.2, 0.25) is 0 Å². The van der Waals surface area contributed by atoms with Gasteiger partial charge in [0, 0.05) is 31.5 Å². The molecule has 110 valence electrons. The summed E-state index contributed by atoms with van der Waals surface area (Å²) in [5.74, 6) is 1.82. The summed E-state index contributed by atoms with van der Waals surface area (Å²) in [5, 5.41) is 0. The smallest absolute Gasteiger partial charge is 0.231 e. The van der Waals surface area contributed by atoms with Crippen LogP contribution in [0.5, 0.6) is 0 Å². The zero-order valence-electron chi connectivity index (χ0n) is 12.8. The second-order valence-electron chi connectivity index (χ2n) is 5.27. The minimum atomic E-state index is 0.812. The molecule has 1 aliphatic heterocycles. The van der Waals surface area contributed by atoms with Gasteiger partial charge >= 0.3 is 0 Å². The lowest BCUT2D eigenvalue weighted by Crippen LogP contribution is -2.28. The van der Waals surface area contributed by atoms with Crippen LogP contribution in [0.15, 0.2) is 36.5 Å². The normalized spacial score (nSPS) is 13.9. The van der Waals surface area contributed by atoms with Gasteiger partial charge in [-0.2, -0.15) is 4.98 Å². The van der Waals surface area contributed by atoms with Crippen LogP contribution in [0.4, 0.5) is 17.5 Å². The van der Waals surface area contributed by atoms with E-state index in [-0.39, 0.29) is 0 Å². The standard InChI is InChI=1S/C17H22N4/c1-3-20(4-2)16-11-12-18-17(19-16)21-13-7-9-14-8-5-6-10-15(14)21/h5-6,8,10-12H,3-4,7,9,13H2,1-2H3. The van der Waals surface area contributed by atoms with Crippen LogP contribution < -0.4 is 9.80 Å². The molecule has 0 unspecified atom stereocenters. The van der Waals surface area contributed by atoms with Gasteiger partial charge in [0.1, 0.15) is 5.82 Å². The van der Waals surface area contributed by atoms with Gasteiger partial charge in [0.05, 0.1) is 0 Å². The summed E-state index contributed by atoms with van der Waals surface area (Å²) in [4.78, 5) is 13.8. The number of aryl methyl sites for hydroxylation is 1. The first-order chi connectivity index (χ1) is 10.3. The molecule has 3 rings (SSSR count). The van der Waals surface area contributed by atoms with Gasteiger partial charge in [-0.15, -0.1) is 0 Å². The van der Waals surface area contributed by atoms with Crippen molar-refractivity contribution in [1.82, 2.24) is 9.97 Å². The SMILES string of the molecule is CCN(CC)c1ccnc(N2CCCc3ccccc32)n1. The Bertz CT molecular complexity index is 607. The van der Waals surface area contributed by atoms with Gasteiger partial charge < -0.3 is 9.80 Å². The first kappa shape index (κ1) is 13.9. The van der Waals surface area contributed by atoms with E-state index < -0.39 is 0 Å². The van der Waals surface area contributed by atoms with Crippen molar-refractivity contribution >= 4 is 17.5 Å². The summed E-state index contributed by atoms with van der Waals surface area (Å²) in [7, 11) is 0. The average molecular weight is 282 g/mol. The fourth-order valence-electron chi connectivity index (χ4n) is 2.93. The molecule has 4 heteroatoms. The van der Waals surface area contributed by atoms with Crippen molar-refractivity contribution in [1.29, 1.82) is 0 Å². The topological polar surface area (TPSA) is 32.3 Å². The Hall–Kier alpha value is -2.10. The Balaban J connectivity index is 1.96. The molecule has 0 amide bonds. The third-order valence-electron chi connectivity index (χ3n) is 4.07. The second kappa shape index (κ2) is 6.12. The molecule has 0 fully saturated rings. The monoisotopic (exact) mass is 282 g/mol. The molecule has 1 aromatic heterocycles. The number of rotatable bonds is 4. The van der Waals surface area contributed by atoms with Crippen LogP contribution in [-0.2, 0) is 6.42 Å². The quantitative estimate of drug-likeness (QED) is 0.860. The Morgan fingerprint density at radius 3 is 2.76 bits per heavy atom. The molecular formula is C17H22N4. The van der Waals surface area contributed by atoms with Gasteiger partial charge in [-0.3, -0.25) is 0 Å². The average Bonchev–Trinajstić information content (AvgIpc) is 2.56. The maximum atomic E-state index is 4.78. The lowest BCUT2D eigenvalue weighted by atomic mass is 10.0. The Morgan fingerprint density at radius 1 is 1.14 bits per heavy atom. The Morgan fingerprint density at radius 2 is 1.95 bits per heavy atom. The minimum absolute atomic E-state index is 0.812. The van der Waals surface area contributed by atoms with Crippen LogP contribution >= 0.6 is 0 Å². The van der Waals surface area contributed by atoms with Gasteiger partial charge in [-0.1, -0.05) is 18.2 Å². The molecule has 4 nitrogen and oxygen atoms in total. The van der Waals surface area contributed by atoms with Gasteiger partial charge in [0.25, 0.3) is 0 Å². The first-order valence-corrected chi connectivity index (χ1v) is 7.77. The number of fused-ring (bicyclic) bond motifs is 1. The van der Waals surface area contributed by atoms with Crippen molar-refractivity contribution in [2.75, 3.05) is 29.4 Å². The molecule has 0 spiro atoms. The molecule has 0 N–H and O–H groups in total. The molecule has 0 saturated heterocycles. The van der Waals surface area contributed by atoms with E-state index in [1.165, 1.54) is 11.3 Å². The zero-order valence-corrected chi connectivity index (χ0v) is 12.8. The molecule has 2 aromatic rings. The zero-order chi connectivity index (χ0) is 14.7. The minimum Gasteiger partial charge on any atom is -0.357 e. The number of anilines is 3. The van der Waals surface area contributed by atoms with E-state index in [4.69, 9.17) is 4.98 Å². The van der Waals surface area contributed by atoms with E-state index in [0.29, 0.717) is 0 Å². The number of para-hydroxylation sites is 1. The lowest BCUT2D eigenvalue weighted by Gasteiger charge is -2.30. The maximum absolute atomic E-state index is 4.78. The van der Waals surface area contributed by atoms with Crippen molar-refractivity contribution in [3.05, 3.63) is 42.1 Å². The Labute approximate surface area is 126 Å². The first-order valence-electron chi connectivity index (χ1n) is 7.77. The van der Waals surface area contributed by atoms with Crippen molar-refractivity contribution < 1.29 is 0 Å². The van der Waals surface area contributed by atoms with Gasteiger partial charge in [-0.25, -0.2) is 4.98 Å². The van der Waals surface area contributed by atoms with E-state index >= 15 is 0 Å². The highest BCUT2D eigenvalue weighted by Gasteiger charge is 2.20. The van der Waals surface area contributed by atoms with Crippen molar-refractivity contribution in [2.24, 2.45) is 0 Å². The number of hydrogen-bond donors (Lipinski definition) is 0. The fourth-order valence-corrected chi connectivity index (χ4v) is 2.93. The summed E-state index contributed by atoms with van der Waals surface area (Å²) >= 11 is 0. The van der Waals surface area contributed by atoms with Crippen LogP contribution in [0, 0.1) is 0 Å². The van der Waals surface area contributed by atoms with E-state index in [0.717, 1.165) is 44.2 Å². The van der Waals surface area contributed by atoms with Crippen molar-refractivity contribution in [2.45, 2.75) is 26.7 Å². The van der Waals surface area contributed by atoms with Crippen LogP contribution in [0.1, 0.15) is 25.8 Å². The van der Waals surface area contributed by atoms with Crippen LogP contribution in [-0.4, -0.2) is 29.6 Å². The van der Waals surface area contributed by atoms with Gasteiger partial charge in [0.15, 0.2) is 0 Å². The number of hydrogen-bond acceptors (Lipinski definition) is 4. The van der Waals surface area contributed by atoms with Gasteiger partial charge in [-0.05, 0) is 44.4 Å². The summed E-state index contributed by atoms with van der Waals surface area (Å²) in [5.41, 5.74) is 2.64. The summed E-state index contributed by atoms with van der Waals surface area (Å²) in [6.07, 6.45) is 4.16. The lowest BCUT2D eigenvalue weighted by molar-refractivity contribution is 0.746. The molecule has 1 aliphatic rings. The predicted molar refractivity (Wildman–Crippen MR) is 87.4 cm³/mol. The molecule has 0 aliphatic carbocycles. The third kappa shape index (κ3) is 2.71. The predicted octanol–water partition coefficient (Wildman–Crippen LogP) is 3.41. The van der Waals surface area contributed by atoms with E-state index in [1.54, 1.807) is 0 Å². The summed E-state index contributed by atoms with van der Waals surface area (Å²) < 4.78 is 0. The molecular weight excluding hydrogens is 260 g/mol. The fraction of sp³-hybridized carbons (Fsp3) is 0.412. The molecule has 1 aromatic carbocycles. The summed E-state index contributed by atoms with van der Waals surface area (Å²) in [6, 6.07) is 10.6.